The third-order valence-corrected chi connectivity index (χ3v) is 8.10. The van der Waals surface area contributed by atoms with E-state index in [0.717, 1.165) is 15.6 Å². The first-order valence-electron chi connectivity index (χ1n) is 16.5. The van der Waals surface area contributed by atoms with Gasteiger partial charge in [0.2, 0.25) is 29.5 Å². The van der Waals surface area contributed by atoms with Gasteiger partial charge >= 0.3 is 0 Å². The lowest BCUT2D eigenvalue weighted by Gasteiger charge is -2.28. The van der Waals surface area contributed by atoms with E-state index < -0.39 is 41.9 Å². The van der Waals surface area contributed by atoms with Gasteiger partial charge in [-0.25, -0.2) is 0 Å². The Labute approximate surface area is 293 Å². The molecule has 0 aromatic heterocycles. The Bertz CT molecular complexity index is 1410. The Morgan fingerprint density at radius 3 is 2.02 bits per heavy atom. The standard InChI is InChI=1S/C37H50BrN5O5/c1-7-8-9-13-19-32(44)43-33(25(4)5)37(48)42-31(22-27-15-11-10-12-16-27)36(47)41-30(20-24(2)3)35(46)40-26(6)34(45)39-23-28-17-14-18-29(38)21-28/h1,10-12,14-18,21,24-26,30-31,33H,8-9,13,19-20,22-23H2,2-6H3,(H,39,45)(H,40,46)(H,41,47)(H,42,48)(H,43,44)/t26-,30-,31-,33-/m0/s1. The number of nitrogens with one attached hydrogen (secondary N) is 5. The minimum atomic E-state index is -1.04. The SMILES string of the molecule is C#CCCCCC(=O)N[C@H](C(=O)N[C@@H](Cc1ccccc1)C(=O)N[C@@H](CC(C)C)C(=O)N[C@@H](C)C(=O)NCc1cccc(Br)c1)C(C)C. The normalized spacial score (nSPS) is 13.4. The summed E-state index contributed by atoms with van der Waals surface area (Å²) in [5.74, 6) is 0.123. The van der Waals surface area contributed by atoms with Crippen LogP contribution in [0.15, 0.2) is 59.1 Å². The van der Waals surface area contributed by atoms with Crippen LogP contribution >= 0.6 is 15.9 Å². The lowest BCUT2D eigenvalue weighted by molar-refractivity contribution is -0.135. The van der Waals surface area contributed by atoms with Gasteiger partial charge in [-0.15, -0.1) is 12.3 Å². The number of unbranched alkanes of at least 4 members (excludes halogenated alkanes) is 2. The molecule has 0 bridgehead atoms. The molecular weight excluding hydrogens is 674 g/mol. The maximum atomic E-state index is 13.8. The van der Waals surface area contributed by atoms with Crippen LogP contribution in [0.1, 0.15) is 77.8 Å². The van der Waals surface area contributed by atoms with Gasteiger partial charge in [-0.1, -0.05) is 86.1 Å². The Hall–Kier alpha value is -4.17. The Kier molecular flexibility index (Phi) is 17.4. The molecule has 2 rings (SSSR count). The van der Waals surface area contributed by atoms with Gasteiger partial charge in [-0.3, -0.25) is 24.0 Å². The molecule has 4 atom stereocenters. The number of carbonyl (C=O) groups is 5. The molecule has 48 heavy (non-hydrogen) atoms. The molecule has 0 radical (unpaired) electrons. The van der Waals surface area contributed by atoms with Crippen molar-refractivity contribution >= 4 is 45.5 Å². The topological polar surface area (TPSA) is 146 Å². The molecule has 11 heteroatoms. The quantitative estimate of drug-likeness (QED) is 0.109. The average molecular weight is 725 g/mol. The van der Waals surface area contributed by atoms with Gasteiger partial charge in [-0.05, 0) is 61.3 Å². The second kappa shape index (κ2) is 20.9. The highest BCUT2D eigenvalue weighted by atomic mass is 79.9. The third kappa shape index (κ3) is 14.7. The fourth-order valence-corrected chi connectivity index (χ4v) is 5.40. The van der Waals surface area contributed by atoms with Crippen molar-refractivity contribution in [1.29, 1.82) is 0 Å². The van der Waals surface area contributed by atoms with Crippen molar-refractivity contribution in [3.63, 3.8) is 0 Å². The highest BCUT2D eigenvalue weighted by Crippen LogP contribution is 2.12. The summed E-state index contributed by atoms with van der Waals surface area (Å²) in [7, 11) is 0. The zero-order valence-corrected chi connectivity index (χ0v) is 30.2. The lowest BCUT2D eigenvalue weighted by atomic mass is 9.99. The van der Waals surface area contributed by atoms with E-state index >= 15 is 0 Å². The Morgan fingerprint density at radius 1 is 0.750 bits per heavy atom. The van der Waals surface area contributed by atoms with Gasteiger partial charge in [0, 0.05) is 30.3 Å². The molecular formula is C37H50BrN5O5. The summed E-state index contributed by atoms with van der Waals surface area (Å²) in [4.78, 5) is 66.2. The summed E-state index contributed by atoms with van der Waals surface area (Å²) >= 11 is 3.41. The van der Waals surface area contributed by atoms with Crippen LogP contribution in [-0.2, 0) is 36.9 Å². The minimum Gasteiger partial charge on any atom is -0.350 e. The van der Waals surface area contributed by atoms with E-state index in [4.69, 9.17) is 6.42 Å². The molecule has 0 aliphatic rings. The molecule has 10 nitrogen and oxygen atoms in total. The molecule has 260 valence electrons. The maximum Gasteiger partial charge on any atom is 0.243 e. The van der Waals surface area contributed by atoms with Crippen molar-refractivity contribution in [2.24, 2.45) is 11.8 Å². The highest BCUT2D eigenvalue weighted by Gasteiger charge is 2.32. The Balaban J connectivity index is 2.16. The van der Waals surface area contributed by atoms with Crippen molar-refractivity contribution < 1.29 is 24.0 Å². The van der Waals surface area contributed by atoms with Crippen molar-refractivity contribution in [2.75, 3.05) is 0 Å². The van der Waals surface area contributed by atoms with Crippen molar-refractivity contribution in [3.05, 3.63) is 70.2 Å². The second-order valence-electron chi connectivity index (χ2n) is 12.7. The van der Waals surface area contributed by atoms with Crippen molar-refractivity contribution in [1.82, 2.24) is 26.6 Å². The summed E-state index contributed by atoms with van der Waals surface area (Å²) in [5.41, 5.74) is 1.70. The lowest BCUT2D eigenvalue weighted by Crippen LogP contribution is -2.59. The number of benzene rings is 2. The predicted octanol–water partition coefficient (Wildman–Crippen LogP) is 4.16. The number of hydrogen-bond acceptors (Lipinski definition) is 5. The van der Waals surface area contributed by atoms with Gasteiger partial charge in [0.05, 0.1) is 0 Å². The van der Waals surface area contributed by atoms with Crippen LogP contribution in [0.25, 0.3) is 0 Å². The molecule has 0 unspecified atom stereocenters. The molecule has 0 spiro atoms. The van der Waals surface area contributed by atoms with E-state index in [0.29, 0.717) is 25.7 Å². The molecule has 0 saturated carbocycles. The zero-order valence-electron chi connectivity index (χ0n) is 28.6. The zero-order chi connectivity index (χ0) is 35.6. The first-order valence-corrected chi connectivity index (χ1v) is 17.3. The number of rotatable bonds is 19. The van der Waals surface area contributed by atoms with Crippen molar-refractivity contribution in [2.45, 2.75) is 104 Å². The number of amides is 5. The molecule has 0 saturated heterocycles. The van der Waals surface area contributed by atoms with Crippen LogP contribution in [0.3, 0.4) is 0 Å². The molecule has 0 aliphatic carbocycles. The molecule has 5 amide bonds. The van der Waals surface area contributed by atoms with Gasteiger partial charge in [-0.2, -0.15) is 0 Å². The fraction of sp³-hybridized carbons (Fsp3) is 0.486. The molecule has 0 heterocycles. The Morgan fingerprint density at radius 2 is 1.40 bits per heavy atom. The van der Waals surface area contributed by atoms with Crippen LogP contribution < -0.4 is 26.6 Å². The van der Waals surface area contributed by atoms with Crippen LogP contribution in [0.4, 0.5) is 0 Å². The number of halogens is 1. The average Bonchev–Trinajstić information content (AvgIpc) is 3.03. The second-order valence-corrected chi connectivity index (χ2v) is 13.6. The molecule has 0 aliphatic heterocycles. The molecule has 2 aromatic rings. The highest BCUT2D eigenvalue weighted by molar-refractivity contribution is 9.10. The summed E-state index contributed by atoms with van der Waals surface area (Å²) in [6.45, 7) is 9.34. The van der Waals surface area contributed by atoms with Crippen LogP contribution in [-0.4, -0.2) is 53.7 Å². The summed E-state index contributed by atoms with van der Waals surface area (Å²) in [6.07, 6.45) is 7.88. The monoisotopic (exact) mass is 723 g/mol. The van der Waals surface area contributed by atoms with E-state index in [-0.39, 0.29) is 43.0 Å². The van der Waals surface area contributed by atoms with Gasteiger partial charge in [0.1, 0.15) is 24.2 Å². The summed E-state index contributed by atoms with van der Waals surface area (Å²) < 4.78 is 0.890. The van der Waals surface area contributed by atoms with Crippen LogP contribution in [0.2, 0.25) is 0 Å². The molecule has 5 N–H and O–H groups in total. The van der Waals surface area contributed by atoms with E-state index in [9.17, 15) is 24.0 Å². The number of carbonyl (C=O) groups excluding carboxylic acids is 5. The largest absolute Gasteiger partial charge is 0.350 e. The van der Waals surface area contributed by atoms with Crippen LogP contribution in [0.5, 0.6) is 0 Å². The number of hydrogen-bond donors (Lipinski definition) is 5. The van der Waals surface area contributed by atoms with Gasteiger partial charge in [0.15, 0.2) is 0 Å². The third-order valence-electron chi connectivity index (χ3n) is 7.60. The van der Waals surface area contributed by atoms with Gasteiger partial charge in [0.25, 0.3) is 0 Å². The summed E-state index contributed by atoms with van der Waals surface area (Å²) in [6, 6.07) is 13.0. The fourth-order valence-electron chi connectivity index (χ4n) is 4.96. The smallest absolute Gasteiger partial charge is 0.243 e. The van der Waals surface area contributed by atoms with E-state index in [2.05, 4.69) is 48.4 Å². The van der Waals surface area contributed by atoms with Gasteiger partial charge < -0.3 is 26.6 Å². The first kappa shape index (κ1) is 40.0. The molecule has 0 fully saturated rings. The predicted molar refractivity (Wildman–Crippen MR) is 191 cm³/mol. The van der Waals surface area contributed by atoms with E-state index in [1.165, 1.54) is 0 Å². The van der Waals surface area contributed by atoms with E-state index in [1.807, 2.05) is 82.3 Å². The first-order chi connectivity index (χ1) is 22.8. The van der Waals surface area contributed by atoms with E-state index in [1.54, 1.807) is 6.92 Å². The molecule has 2 aromatic carbocycles. The maximum absolute atomic E-state index is 13.8. The number of terminal acetylenes is 1. The summed E-state index contributed by atoms with van der Waals surface area (Å²) in [5, 5.41) is 14.0. The van der Waals surface area contributed by atoms with Crippen LogP contribution in [0, 0.1) is 24.2 Å². The van der Waals surface area contributed by atoms with Crippen molar-refractivity contribution in [3.8, 4) is 12.3 Å². The minimum absolute atomic E-state index is 0.0324.